The maximum absolute atomic E-state index is 13.7. The summed E-state index contributed by atoms with van der Waals surface area (Å²) < 4.78 is 19.8. The van der Waals surface area contributed by atoms with E-state index in [0.29, 0.717) is 44.8 Å². The second-order valence-corrected chi connectivity index (χ2v) is 10.4. The summed E-state index contributed by atoms with van der Waals surface area (Å²) in [4.78, 5) is 30.1. The molecule has 202 valence electrons. The van der Waals surface area contributed by atoms with Gasteiger partial charge in [-0.15, -0.1) is 0 Å². The number of aryl methyl sites for hydroxylation is 1. The van der Waals surface area contributed by atoms with Gasteiger partial charge in [0.1, 0.15) is 12.4 Å². The summed E-state index contributed by atoms with van der Waals surface area (Å²) >= 11 is 0. The number of ether oxygens (including phenoxy) is 1. The van der Waals surface area contributed by atoms with Gasteiger partial charge >= 0.3 is 6.01 Å². The van der Waals surface area contributed by atoms with Crippen LogP contribution in [0.15, 0.2) is 18.6 Å². The highest BCUT2D eigenvalue weighted by atomic mass is 19.1. The van der Waals surface area contributed by atoms with Gasteiger partial charge in [-0.2, -0.15) is 20.3 Å². The molecule has 0 radical (unpaired) electrons. The molecule has 0 aliphatic carbocycles. The Balaban J connectivity index is 1.40. The lowest BCUT2D eigenvalue weighted by Crippen LogP contribution is -2.55. The van der Waals surface area contributed by atoms with Crippen LogP contribution in [0.2, 0.25) is 0 Å². The van der Waals surface area contributed by atoms with Gasteiger partial charge in [-0.3, -0.25) is 14.8 Å². The molecule has 2 saturated heterocycles. The predicted molar refractivity (Wildman–Crippen MR) is 138 cm³/mol. The van der Waals surface area contributed by atoms with Gasteiger partial charge in [-0.1, -0.05) is 6.58 Å². The van der Waals surface area contributed by atoms with E-state index in [-0.39, 0.29) is 13.0 Å². The molecule has 11 nitrogen and oxygen atoms in total. The van der Waals surface area contributed by atoms with Crippen LogP contribution in [0.3, 0.4) is 0 Å². The third-order valence-electron chi connectivity index (χ3n) is 7.81. The first-order valence-electron chi connectivity index (χ1n) is 13.0. The van der Waals surface area contributed by atoms with Crippen molar-refractivity contribution in [2.24, 2.45) is 0 Å². The number of hydrogen-bond acceptors (Lipinski definition) is 9. The van der Waals surface area contributed by atoms with E-state index in [1.54, 1.807) is 0 Å². The van der Waals surface area contributed by atoms with Crippen LogP contribution >= 0.6 is 0 Å². The van der Waals surface area contributed by atoms with Crippen molar-refractivity contribution >= 4 is 11.7 Å². The number of likely N-dealkylation sites (N-methyl/N-ethyl adjacent to an activating group) is 1. The third kappa shape index (κ3) is 5.35. The number of anilines is 1. The van der Waals surface area contributed by atoms with Crippen molar-refractivity contribution in [2.75, 3.05) is 44.7 Å². The van der Waals surface area contributed by atoms with Gasteiger partial charge in [0.15, 0.2) is 5.83 Å². The molecule has 0 unspecified atom stereocenters. The van der Waals surface area contributed by atoms with E-state index < -0.39 is 17.8 Å². The smallest absolute Gasteiger partial charge is 0.318 e. The Kier molecular flexibility index (Phi) is 7.58. The molecule has 0 spiro atoms. The van der Waals surface area contributed by atoms with Crippen molar-refractivity contribution in [3.8, 4) is 12.1 Å². The lowest BCUT2D eigenvalue weighted by molar-refractivity contribution is -0.131. The minimum absolute atomic E-state index is 0.0893. The Morgan fingerprint density at radius 2 is 2.13 bits per heavy atom. The SMILES string of the molecule is C=C(F)C(=O)N1CCN(c2nc(OC[C@@H]3CCCN3C)nc3c2CN(Cc2cn[nH]c2C)C3)C[C@@H]1CC#N. The van der Waals surface area contributed by atoms with Gasteiger partial charge in [0.05, 0.1) is 30.4 Å². The summed E-state index contributed by atoms with van der Waals surface area (Å²) in [5.41, 5.74) is 4.09. The van der Waals surface area contributed by atoms with Crippen molar-refractivity contribution < 1.29 is 13.9 Å². The molecule has 12 heteroatoms. The van der Waals surface area contributed by atoms with Crippen molar-refractivity contribution in [3.05, 3.63) is 41.1 Å². The molecule has 0 aromatic carbocycles. The number of amides is 1. The molecule has 5 heterocycles. The highest BCUT2D eigenvalue weighted by Gasteiger charge is 2.35. The molecule has 3 aliphatic heterocycles. The number of nitrogens with zero attached hydrogens (tertiary/aromatic N) is 8. The summed E-state index contributed by atoms with van der Waals surface area (Å²) in [6.45, 7) is 9.85. The highest BCUT2D eigenvalue weighted by Crippen LogP contribution is 2.34. The Labute approximate surface area is 221 Å². The normalized spacial score (nSPS) is 21.9. The van der Waals surface area contributed by atoms with E-state index >= 15 is 0 Å². The van der Waals surface area contributed by atoms with Gasteiger partial charge in [0.2, 0.25) is 0 Å². The number of aromatic nitrogens is 4. The first-order chi connectivity index (χ1) is 18.3. The second kappa shape index (κ2) is 11.0. The van der Waals surface area contributed by atoms with E-state index in [4.69, 9.17) is 14.7 Å². The number of nitrogens with one attached hydrogen (secondary N) is 1. The molecule has 0 bridgehead atoms. The van der Waals surface area contributed by atoms with Gasteiger partial charge in [-0.25, -0.2) is 4.39 Å². The van der Waals surface area contributed by atoms with E-state index in [1.807, 2.05) is 13.1 Å². The zero-order valence-corrected chi connectivity index (χ0v) is 22.0. The van der Waals surface area contributed by atoms with Gasteiger partial charge in [0, 0.05) is 62.1 Å². The summed E-state index contributed by atoms with van der Waals surface area (Å²) in [5, 5.41) is 16.5. The first kappa shape index (κ1) is 26.1. The number of fused-ring (bicyclic) bond motifs is 1. The molecule has 2 atom stereocenters. The number of hydrogen-bond donors (Lipinski definition) is 1. The van der Waals surface area contributed by atoms with E-state index in [2.05, 4.69) is 44.6 Å². The number of rotatable bonds is 8. The van der Waals surface area contributed by atoms with Crippen LogP contribution in [0, 0.1) is 18.3 Å². The predicted octanol–water partition coefficient (Wildman–Crippen LogP) is 1.91. The number of likely N-dealkylation sites (tertiary alicyclic amines) is 1. The van der Waals surface area contributed by atoms with Crippen molar-refractivity contribution in [3.63, 3.8) is 0 Å². The standard InChI is InChI=1S/C26H34FN9O2/c1-17(27)25(37)36-10-9-35(13-20(36)6-7-28)24-22-14-34(12-19-11-29-32-18(19)2)15-23(22)30-26(31-24)38-16-21-5-4-8-33(21)3/h11,20-21H,1,4-6,8-10,12-16H2,2-3H3,(H,29,32)/t20-,21-/m0/s1. The third-order valence-corrected chi connectivity index (χ3v) is 7.81. The van der Waals surface area contributed by atoms with Gasteiger partial charge < -0.3 is 19.4 Å². The minimum Gasteiger partial charge on any atom is -0.462 e. The van der Waals surface area contributed by atoms with Crippen LogP contribution in [-0.2, 0) is 24.4 Å². The van der Waals surface area contributed by atoms with E-state index in [9.17, 15) is 14.4 Å². The first-order valence-corrected chi connectivity index (χ1v) is 13.0. The fourth-order valence-corrected chi connectivity index (χ4v) is 5.60. The maximum Gasteiger partial charge on any atom is 0.318 e. The summed E-state index contributed by atoms with van der Waals surface area (Å²) in [6, 6.07) is 2.34. The summed E-state index contributed by atoms with van der Waals surface area (Å²) in [6.07, 6.45) is 4.17. The zero-order valence-electron chi connectivity index (χ0n) is 22.0. The minimum atomic E-state index is -1.01. The summed E-state index contributed by atoms with van der Waals surface area (Å²) in [5.74, 6) is -1.02. The fraction of sp³-hybridized carbons (Fsp3) is 0.577. The molecule has 2 fully saturated rings. The maximum atomic E-state index is 13.7. The number of carbonyl (C=O) groups excluding carboxylic acids is 1. The Morgan fingerprint density at radius 3 is 2.82 bits per heavy atom. The number of nitriles is 1. The van der Waals surface area contributed by atoms with Crippen LogP contribution in [0.1, 0.15) is 41.8 Å². The van der Waals surface area contributed by atoms with E-state index in [0.717, 1.165) is 54.3 Å². The zero-order chi connectivity index (χ0) is 26.8. The lowest BCUT2D eigenvalue weighted by Gasteiger charge is -2.41. The average Bonchev–Trinajstić information content (AvgIpc) is 3.62. The monoisotopic (exact) mass is 523 g/mol. The molecule has 2 aromatic rings. The Morgan fingerprint density at radius 1 is 1.29 bits per heavy atom. The number of carbonyl (C=O) groups is 1. The largest absolute Gasteiger partial charge is 0.462 e. The van der Waals surface area contributed by atoms with Gasteiger partial charge in [0.25, 0.3) is 5.91 Å². The number of aromatic amines is 1. The molecule has 1 amide bonds. The molecular formula is C26H34FN9O2. The van der Waals surface area contributed by atoms with Crippen LogP contribution in [-0.4, -0.2) is 92.7 Å². The topological polar surface area (TPSA) is 118 Å². The van der Waals surface area contributed by atoms with Crippen LogP contribution in [0.5, 0.6) is 6.01 Å². The number of H-pyrrole nitrogens is 1. The Hall–Kier alpha value is -3.56. The molecule has 1 N–H and O–H groups in total. The lowest BCUT2D eigenvalue weighted by atomic mass is 10.1. The summed E-state index contributed by atoms with van der Waals surface area (Å²) in [7, 11) is 2.11. The molecule has 2 aromatic heterocycles. The number of halogens is 1. The van der Waals surface area contributed by atoms with E-state index in [1.165, 1.54) is 4.90 Å². The van der Waals surface area contributed by atoms with Crippen LogP contribution < -0.4 is 9.64 Å². The highest BCUT2D eigenvalue weighted by molar-refractivity contribution is 5.91. The molecular weight excluding hydrogens is 489 g/mol. The average molecular weight is 524 g/mol. The molecule has 3 aliphatic rings. The Bertz CT molecular complexity index is 1240. The van der Waals surface area contributed by atoms with Crippen LogP contribution in [0.25, 0.3) is 0 Å². The second-order valence-electron chi connectivity index (χ2n) is 10.4. The molecule has 5 rings (SSSR count). The van der Waals surface area contributed by atoms with Crippen molar-refractivity contribution in [1.82, 2.24) is 34.9 Å². The van der Waals surface area contributed by atoms with Crippen LogP contribution in [0.4, 0.5) is 10.2 Å². The van der Waals surface area contributed by atoms with Gasteiger partial charge in [-0.05, 0) is 33.4 Å². The molecule has 0 saturated carbocycles. The fourth-order valence-electron chi connectivity index (χ4n) is 5.60. The number of piperazine rings is 1. The van der Waals surface area contributed by atoms with Crippen molar-refractivity contribution in [1.29, 1.82) is 5.26 Å². The molecule has 38 heavy (non-hydrogen) atoms. The quantitative estimate of drug-likeness (QED) is 0.518. The van der Waals surface area contributed by atoms with Crippen molar-refractivity contribution in [2.45, 2.75) is 57.9 Å².